The molecule has 0 aromatic carbocycles. The van der Waals surface area contributed by atoms with Crippen molar-refractivity contribution in [3.8, 4) is 0 Å². The first kappa shape index (κ1) is 9.77. The maximum atomic E-state index is 5.53. The number of hydrogen-bond donors (Lipinski definition) is 2. The molecule has 3 nitrogen and oxygen atoms in total. The van der Waals surface area contributed by atoms with Gasteiger partial charge in [-0.3, -0.25) is 0 Å². The van der Waals surface area contributed by atoms with Gasteiger partial charge >= 0.3 is 0 Å². The van der Waals surface area contributed by atoms with Gasteiger partial charge in [0.25, 0.3) is 0 Å². The van der Waals surface area contributed by atoms with Crippen LogP contribution in [0, 0.1) is 5.92 Å². The molecule has 0 unspecified atom stereocenters. The van der Waals surface area contributed by atoms with Gasteiger partial charge in [0.2, 0.25) is 0 Å². The Hall–Kier alpha value is -0.770. The third-order valence-electron chi connectivity index (χ3n) is 2.85. The summed E-state index contributed by atoms with van der Waals surface area (Å²) in [6, 6.07) is 1.90. The Morgan fingerprint density at radius 2 is 2.29 bits per heavy atom. The lowest BCUT2D eigenvalue weighted by Gasteiger charge is -2.08. The molecule has 4 heteroatoms. The monoisotopic (exact) mass is 211 g/mol. The van der Waals surface area contributed by atoms with E-state index in [1.54, 1.807) is 0 Å². The van der Waals surface area contributed by atoms with Crippen LogP contribution in [0.5, 0.6) is 0 Å². The van der Waals surface area contributed by atoms with E-state index in [0.29, 0.717) is 5.82 Å². The fourth-order valence-corrected chi connectivity index (χ4v) is 2.67. The Labute approximate surface area is 88.9 Å². The van der Waals surface area contributed by atoms with Crippen LogP contribution in [0.4, 0.5) is 10.8 Å². The van der Waals surface area contributed by atoms with Crippen LogP contribution in [-0.4, -0.2) is 10.9 Å². The van der Waals surface area contributed by atoms with E-state index < -0.39 is 0 Å². The fourth-order valence-electron chi connectivity index (χ4n) is 2.07. The molecule has 1 aliphatic rings. The Balaban J connectivity index is 1.67. The molecule has 78 valence electrons. The lowest BCUT2D eigenvalue weighted by atomic mass is 10.0. The molecular weight excluding hydrogens is 194 g/mol. The van der Waals surface area contributed by atoms with Gasteiger partial charge in [0, 0.05) is 12.6 Å². The van der Waals surface area contributed by atoms with Crippen molar-refractivity contribution < 1.29 is 0 Å². The maximum Gasteiger partial charge on any atom is 0.139 e. The second-order valence-corrected chi connectivity index (χ2v) is 4.79. The van der Waals surface area contributed by atoms with Gasteiger partial charge in [0.15, 0.2) is 0 Å². The van der Waals surface area contributed by atoms with Crippen molar-refractivity contribution in [3.05, 3.63) is 6.07 Å². The highest BCUT2D eigenvalue weighted by Crippen LogP contribution is 2.27. The molecule has 1 fully saturated rings. The van der Waals surface area contributed by atoms with Crippen LogP contribution in [0.2, 0.25) is 0 Å². The molecule has 3 N–H and O–H groups in total. The second-order valence-electron chi connectivity index (χ2n) is 3.98. The molecule has 0 radical (unpaired) electrons. The van der Waals surface area contributed by atoms with Crippen LogP contribution >= 0.6 is 11.5 Å². The van der Waals surface area contributed by atoms with Crippen LogP contribution in [0.1, 0.15) is 32.1 Å². The normalized spacial score (nSPS) is 17.4. The summed E-state index contributed by atoms with van der Waals surface area (Å²) in [7, 11) is 0. The lowest BCUT2D eigenvalue weighted by Crippen LogP contribution is -2.05. The highest BCUT2D eigenvalue weighted by molar-refractivity contribution is 7.10. The summed E-state index contributed by atoms with van der Waals surface area (Å²) in [4.78, 5) is 0. The molecule has 0 spiro atoms. The SMILES string of the molecule is Nc1cc(NCCC2CCCC2)sn1. The molecule has 14 heavy (non-hydrogen) atoms. The van der Waals surface area contributed by atoms with E-state index in [1.165, 1.54) is 43.6 Å². The van der Waals surface area contributed by atoms with E-state index in [1.807, 2.05) is 6.07 Å². The van der Waals surface area contributed by atoms with Gasteiger partial charge in [-0.2, -0.15) is 4.37 Å². The maximum absolute atomic E-state index is 5.53. The van der Waals surface area contributed by atoms with Gasteiger partial charge in [-0.25, -0.2) is 0 Å². The summed E-state index contributed by atoms with van der Waals surface area (Å²) < 4.78 is 4.02. The third kappa shape index (κ3) is 2.61. The highest BCUT2D eigenvalue weighted by Gasteiger charge is 2.14. The topological polar surface area (TPSA) is 50.9 Å². The molecule has 0 aliphatic heterocycles. The molecule has 1 heterocycles. The predicted octanol–water partition coefficient (Wildman–Crippen LogP) is 2.72. The summed E-state index contributed by atoms with van der Waals surface area (Å²) in [5.74, 6) is 1.58. The standard InChI is InChI=1S/C10H17N3S/c11-9-7-10(14-13-9)12-6-5-8-3-1-2-4-8/h7-8,12H,1-6H2,(H2,11,13). The molecule has 1 aliphatic carbocycles. The van der Waals surface area contributed by atoms with Crippen molar-refractivity contribution in [3.63, 3.8) is 0 Å². The number of rotatable bonds is 4. The van der Waals surface area contributed by atoms with E-state index >= 15 is 0 Å². The number of nitrogens with one attached hydrogen (secondary N) is 1. The number of nitrogen functional groups attached to an aromatic ring is 1. The summed E-state index contributed by atoms with van der Waals surface area (Å²) >= 11 is 1.45. The molecule has 0 amide bonds. The summed E-state index contributed by atoms with van der Waals surface area (Å²) in [6.07, 6.45) is 6.99. The van der Waals surface area contributed by atoms with Crippen molar-refractivity contribution in [2.45, 2.75) is 32.1 Å². The van der Waals surface area contributed by atoms with E-state index in [0.717, 1.165) is 17.5 Å². The first-order valence-corrected chi connectivity index (χ1v) is 6.08. The number of nitrogens with two attached hydrogens (primary N) is 1. The number of anilines is 2. The van der Waals surface area contributed by atoms with E-state index in [-0.39, 0.29) is 0 Å². The van der Waals surface area contributed by atoms with Gasteiger partial charge in [0.05, 0.1) is 0 Å². The predicted molar refractivity (Wildman–Crippen MR) is 61.6 cm³/mol. The molecule has 0 atom stereocenters. The Morgan fingerprint density at radius 1 is 1.50 bits per heavy atom. The molecular formula is C10H17N3S. The van der Waals surface area contributed by atoms with Crippen molar-refractivity contribution in [2.75, 3.05) is 17.6 Å². The van der Waals surface area contributed by atoms with Crippen LogP contribution in [0.3, 0.4) is 0 Å². The van der Waals surface area contributed by atoms with E-state index in [4.69, 9.17) is 5.73 Å². The summed E-state index contributed by atoms with van der Waals surface area (Å²) in [6.45, 7) is 1.06. The average Bonchev–Trinajstić information content (AvgIpc) is 2.77. The van der Waals surface area contributed by atoms with Gasteiger partial charge in [-0.1, -0.05) is 25.7 Å². The zero-order valence-corrected chi connectivity index (χ0v) is 9.15. The molecule has 0 saturated heterocycles. The second kappa shape index (κ2) is 4.64. The minimum atomic E-state index is 0.623. The number of aromatic nitrogens is 1. The lowest BCUT2D eigenvalue weighted by molar-refractivity contribution is 0.519. The molecule has 0 bridgehead atoms. The number of nitrogens with zero attached hydrogens (tertiary/aromatic N) is 1. The first-order chi connectivity index (χ1) is 6.84. The zero-order chi connectivity index (χ0) is 9.80. The summed E-state index contributed by atoms with van der Waals surface area (Å²) in [5.41, 5.74) is 5.53. The molecule has 1 saturated carbocycles. The van der Waals surface area contributed by atoms with Crippen molar-refractivity contribution in [1.82, 2.24) is 4.37 Å². The van der Waals surface area contributed by atoms with Gasteiger partial charge < -0.3 is 11.1 Å². The van der Waals surface area contributed by atoms with Crippen molar-refractivity contribution in [1.29, 1.82) is 0 Å². The van der Waals surface area contributed by atoms with E-state index in [9.17, 15) is 0 Å². The fraction of sp³-hybridized carbons (Fsp3) is 0.700. The van der Waals surface area contributed by atoms with Gasteiger partial charge in [-0.15, -0.1) is 0 Å². The molecule has 1 aromatic heterocycles. The largest absolute Gasteiger partial charge is 0.383 e. The number of hydrogen-bond acceptors (Lipinski definition) is 4. The van der Waals surface area contributed by atoms with E-state index in [2.05, 4.69) is 9.69 Å². The Bertz CT molecular complexity index is 279. The minimum absolute atomic E-state index is 0.623. The zero-order valence-electron chi connectivity index (χ0n) is 8.33. The summed E-state index contributed by atoms with van der Waals surface area (Å²) in [5, 5.41) is 4.47. The van der Waals surface area contributed by atoms with Crippen LogP contribution in [-0.2, 0) is 0 Å². The smallest absolute Gasteiger partial charge is 0.139 e. The van der Waals surface area contributed by atoms with Crippen molar-refractivity contribution >= 4 is 22.4 Å². The molecule has 1 aromatic rings. The van der Waals surface area contributed by atoms with Gasteiger partial charge in [0.1, 0.15) is 10.8 Å². The van der Waals surface area contributed by atoms with Crippen molar-refractivity contribution in [2.24, 2.45) is 5.92 Å². The average molecular weight is 211 g/mol. The van der Waals surface area contributed by atoms with Gasteiger partial charge in [-0.05, 0) is 23.9 Å². The third-order valence-corrected chi connectivity index (χ3v) is 3.62. The molecule has 2 rings (SSSR count). The van der Waals surface area contributed by atoms with Crippen LogP contribution < -0.4 is 11.1 Å². The highest BCUT2D eigenvalue weighted by atomic mass is 32.1. The Morgan fingerprint density at radius 3 is 2.93 bits per heavy atom. The van der Waals surface area contributed by atoms with Crippen LogP contribution in [0.15, 0.2) is 6.07 Å². The first-order valence-electron chi connectivity index (χ1n) is 5.30. The Kier molecular flexibility index (Phi) is 3.24. The minimum Gasteiger partial charge on any atom is -0.383 e. The quantitative estimate of drug-likeness (QED) is 0.805. The van der Waals surface area contributed by atoms with Crippen LogP contribution in [0.25, 0.3) is 0 Å².